The molecular formula is C72H53N3O2S. The Morgan fingerprint density at radius 2 is 0.821 bits per heavy atom. The molecule has 0 aliphatic rings. The fraction of sp³-hybridized carbons (Fsp3) is 0.111. The molecule has 16 rings (SSSR count). The number of furan rings is 2. The van der Waals surface area contributed by atoms with E-state index in [1.165, 1.54) is 80.2 Å². The standard InChI is InChI=1S/C72H53N3O2S/c1-71(2,3)44-19-23-46(24-20-44)73(48-27-30-53-51-13-8-11-17-63(51)76-65(53)39-48)50-29-32-55-59-36-42-37-62-58(35-43(42)38-67(59)78-68(55)41-50)56-33-34-61(69-57-15-7-10-16-60(57)75(62)70(56)69)74(47-25-21-45(22-26-47)72(4,5)6)49-28-31-54-52-14-9-12-18-64(52)77-66(54)40-49/h7-41H,1-6H3. The molecule has 0 amide bonds. The fourth-order valence-corrected chi connectivity index (χ4v) is 13.8. The molecule has 0 saturated heterocycles. The minimum Gasteiger partial charge on any atom is -0.456 e. The molecule has 0 bridgehead atoms. The van der Waals surface area contributed by atoms with E-state index in [4.69, 9.17) is 8.83 Å². The van der Waals surface area contributed by atoms with Crippen molar-refractivity contribution in [3.8, 4) is 0 Å². The van der Waals surface area contributed by atoms with Crippen molar-refractivity contribution in [3.05, 3.63) is 223 Å². The second-order valence-electron chi connectivity index (χ2n) is 23.4. The van der Waals surface area contributed by atoms with Gasteiger partial charge in [0.15, 0.2) is 0 Å². The van der Waals surface area contributed by atoms with E-state index < -0.39 is 0 Å². The lowest BCUT2D eigenvalue weighted by molar-refractivity contribution is 0.590. The van der Waals surface area contributed by atoms with Gasteiger partial charge < -0.3 is 23.0 Å². The Labute approximate surface area is 454 Å². The van der Waals surface area contributed by atoms with E-state index in [2.05, 4.69) is 250 Å². The van der Waals surface area contributed by atoms with Gasteiger partial charge in [0, 0.05) is 104 Å². The number of hydrogen-bond donors (Lipinski definition) is 0. The van der Waals surface area contributed by atoms with Crippen LogP contribution in [0.1, 0.15) is 52.7 Å². The second kappa shape index (κ2) is 16.2. The first kappa shape index (κ1) is 45.1. The largest absolute Gasteiger partial charge is 0.456 e. The number of rotatable bonds is 6. The molecular weight excluding hydrogens is 971 g/mol. The van der Waals surface area contributed by atoms with Crippen molar-refractivity contribution in [1.82, 2.24) is 4.40 Å². The van der Waals surface area contributed by atoms with Crippen molar-refractivity contribution < 1.29 is 8.83 Å². The van der Waals surface area contributed by atoms with Crippen LogP contribution in [0.15, 0.2) is 221 Å². The summed E-state index contributed by atoms with van der Waals surface area (Å²) in [5.41, 5.74) is 16.4. The van der Waals surface area contributed by atoms with Gasteiger partial charge >= 0.3 is 0 Å². The van der Waals surface area contributed by atoms with Crippen LogP contribution in [0, 0.1) is 0 Å². The summed E-state index contributed by atoms with van der Waals surface area (Å²) in [6.07, 6.45) is 0. The molecule has 0 saturated carbocycles. The van der Waals surface area contributed by atoms with Gasteiger partial charge in [-0.15, -0.1) is 11.3 Å². The van der Waals surface area contributed by atoms with E-state index in [9.17, 15) is 0 Å². The summed E-state index contributed by atoms with van der Waals surface area (Å²) in [7, 11) is 0. The van der Waals surface area contributed by atoms with Crippen LogP contribution in [-0.4, -0.2) is 4.40 Å². The second-order valence-corrected chi connectivity index (χ2v) is 24.5. The van der Waals surface area contributed by atoms with E-state index >= 15 is 0 Å². The highest BCUT2D eigenvalue weighted by atomic mass is 32.1. The van der Waals surface area contributed by atoms with Gasteiger partial charge in [0.05, 0.1) is 22.2 Å². The number of hydrogen-bond acceptors (Lipinski definition) is 5. The average molecular weight is 1020 g/mol. The highest BCUT2D eigenvalue weighted by molar-refractivity contribution is 7.26. The molecule has 0 N–H and O–H groups in total. The Kier molecular flexibility index (Phi) is 9.38. The van der Waals surface area contributed by atoms with Crippen molar-refractivity contribution in [2.75, 3.05) is 9.80 Å². The zero-order chi connectivity index (χ0) is 52.3. The smallest absolute Gasteiger partial charge is 0.137 e. The average Bonchev–Trinajstić information content (AvgIpc) is 4.45. The van der Waals surface area contributed by atoms with E-state index in [1.807, 2.05) is 29.5 Å². The topological polar surface area (TPSA) is 37.2 Å². The third-order valence-corrected chi connectivity index (χ3v) is 17.7. The van der Waals surface area contributed by atoms with Crippen molar-refractivity contribution >= 4 is 158 Å². The molecule has 16 aromatic rings. The van der Waals surface area contributed by atoms with Gasteiger partial charge in [0.25, 0.3) is 0 Å². The molecule has 0 radical (unpaired) electrons. The number of anilines is 6. The molecule has 0 aliphatic carbocycles. The fourth-order valence-electron chi connectivity index (χ4n) is 12.6. The molecule has 11 aromatic carbocycles. The van der Waals surface area contributed by atoms with E-state index in [1.54, 1.807) is 0 Å². The van der Waals surface area contributed by atoms with Gasteiger partial charge in [0.2, 0.25) is 0 Å². The van der Waals surface area contributed by atoms with Gasteiger partial charge in [-0.3, -0.25) is 0 Å². The molecule has 5 heterocycles. The maximum absolute atomic E-state index is 6.54. The molecule has 0 unspecified atom stereocenters. The summed E-state index contributed by atoms with van der Waals surface area (Å²) >= 11 is 1.87. The number of benzene rings is 11. The molecule has 78 heavy (non-hydrogen) atoms. The highest BCUT2D eigenvalue weighted by Gasteiger charge is 2.27. The summed E-state index contributed by atoms with van der Waals surface area (Å²) in [6, 6.07) is 78.5. The molecule has 374 valence electrons. The summed E-state index contributed by atoms with van der Waals surface area (Å²) in [5, 5.41) is 14.4. The lowest BCUT2D eigenvalue weighted by Gasteiger charge is -2.28. The van der Waals surface area contributed by atoms with E-state index in [0.717, 1.165) is 78.0 Å². The highest BCUT2D eigenvalue weighted by Crippen LogP contribution is 2.50. The molecule has 0 fully saturated rings. The number of para-hydroxylation sites is 3. The predicted molar refractivity (Wildman–Crippen MR) is 333 cm³/mol. The Bertz CT molecular complexity index is 5120. The molecule has 5 nitrogen and oxygen atoms in total. The number of nitrogens with zero attached hydrogens (tertiary/aromatic N) is 3. The Morgan fingerprint density at radius 1 is 0.346 bits per heavy atom. The van der Waals surface area contributed by atoms with Gasteiger partial charge in [-0.2, -0.15) is 0 Å². The van der Waals surface area contributed by atoms with Crippen LogP contribution in [0.4, 0.5) is 34.1 Å². The van der Waals surface area contributed by atoms with Crippen LogP contribution < -0.4 is 9.80 Å². The van der Waals surface area contributed by atoms with Crippen LogP contribution >= 0.6 is 11.3 Å². The molecule has 0 atom stereocenters. The third kappa shape index (κ3) is 6.72. The lowest BCUT2D eigenvalue weighted by Crippen LogP contribution is -2.13. The van der Waals surface area contributed by atoms with Gasteiger partial charge in [-0.25, -0.2) is 0 Å². The van der Waals surface area contributed by atoms with Gasteiger partial charge in [-0.1, -0.05) is 133 Å². The SMILES string of the molecule is CC(C)(C)c1ccc(N(c2ccc3c(c2)oc2ccccc23)c2ccc3c(c2)sc2cc4cc5c6ccc(N(c7ccc(C(C)(C)C)cc7)c7ccc8c(c7)oc7ccccc78)c7c8ccccc8n(c5cc4cc23)c67)cc1. The molecule has 0 aliphatic heterocycles. The van der Waals surface area contributed by atoms with Crippen molar-refractivity contribution in [2.45, 2.75) is 52.4 Å². The van der Waals surface area contributed by atoms with Crippen LogP contribution in [0.2, 0.25) is 0 Å². The first-order valence-corrected chi connectivity index (χ1v) is 27.9. The zero-order valence-corrected chi connectivity index (χ0v) is 45.1. The number of aromatic nitrogens is 1. The maximum Gasteiger partial charge on any atom is 0.137 e. The zero-order valence-electron chi connectivity index (χ0n) is 44.3. The molecule has 0 spiro atoms. The summed E-state index contributed by atoms with van der Waals surface area (Å²) in [5.74, 6) is 0. The summed E-state index contributed by atoms with van der Waals surface area (Å²) in [4.78, 5) is 4.80. The third-order valence-electron chi connectivity index (χ3n) is 16.6. The van der Waals surface area contributed by atoms with Crippen molar-refractivity contribution in [1.29, 1.82) is 0 Å². The summed E-state index contributed by atoms with van der Waals surface area (Å²) in [6.45, 7) is 13.6. The Balaban J connectivity index is 0.857. The minimum absolute atomic E-state index is 0.0224. The predicted octanol–water partition coefficient (Wildman–Crippen LogP) is 21.7. The van der Waals surface area contributed by atoms with E-state index in [-0.39, 0.29) is 10.8 Å². The Morgan fingerprint density at radius 3 is 1.45 bits per heavy atom. The summed E-state index contributed by atoms with van der Waals surface area (Å²) < 4.78 is 18.0. The maximum atomic E-state index is 6.54. The van der Waals surface area contributed by atoms with Gasteiger partial charge in [-0.05, 0) is 142 Å². The molecule has 6 heteroatoms. The van der Waals surface area contributed by atoms with Crippen LogP contribution in [0.5, 0.6) is 0 Å². The molecule has 5 aromatic heterocycles. The van der Waals surface area contributed by atoms with Crippen LogP contribution in [0.3, 0.4) is 0 Å². The lowest BCUT2D eigenvalue weighted by atomic mass is 9.87. The first-order valence-electron chi connectivity index (χ1n) is 27.0. The number of fused-ring (bicyclic) bond motifs is 16. The number of thiophene rings is 1. The normalized spacial score (nSPS) is 12.7. The van der Waals surface area contributed by atoms with Crippen LogP contribution in [0.25, 0.3) is 113 Å². The minimum atomic E-state index is 0.0224. The first-order chi connectivity index (χ1) is 37.9. The van der Waals surface area contributed by atoms with Crippen molar-refractivity contribution in [3.63, 3.8) is 0 Å². The van der Waals surface area contributed by atoms with Crippen LogP contribution in [-0.2, 0) is 10.8 Å². The quantitative estimate of drug-likeness (QED) is 0.166. The van der Waals surface area contributed by atoms with Crippen molar-refractivity contribution in [2.24, 2.45) is 0 Å². The Hall–Kier alpha value is -9.10. The van der Waals surface area contributed by atoms with Gasteiger partial charge in [0.1, 0.15) is 22.3 Å². The van der Waals surface area contributed by atoms with E-state index in [0.29, 0.717) is 0 Å². The monoisotopic (exact) mass is 1020 g/mol.